The molecule has 0 amide bonds. The normalized spacial score (nSPS) is 20.1. The van der Waals surface area contributed by atoms with Crippen LogP contribution in [0.15, 0.2) is 10.6 Å². The second kappa shape index (κ2) is 7.38. The lowest BCUT2D eigenvalue weighted by molar-refractivity contribution is 0.0401. The van der Waals surface area contributed by atoms with Crippen molar-refractivity contribution in [2.75, 3.05) is 26.8 Å². The Bertz CT molecular complexity index is 419. The highest BCUT2D eigenvalue weighted by atomic mass is 16.5. The topological polar surface area (TPSA) is 50.5 Å². The zero-order valence-electron chi connectivity index (χ0n) is 13.8. The molecule has 21 heavy (non-hydrogen) atoms. The molecule has 0 spiro atoms. The van der Waals surface area contributed by atoms with Gasteiger partial charge < -0.3 is 14.6 Å². The molecule has 0 aromatic carbocycles. The van der Waals surface area contributed by atoms with Gasteiger partial charge in [0.25, 0.3) is 0 Å². The molecule has 1 aliphatic heterocycles. The first-order valence-corrected chi connectivity index (χ1v) is 7.88. The second-order valence-corrected chi connectivity index (χ2v) is 7.17. The summed E-state index contributed by atoms with van der Waals surface area (Å²) >= 11 is 0. The van der Waals surface area contributed by atoms with Crippen LogP contribution in [0.25, 0.3) is 0 Å². The fraction of sp³-hybridized carbons (Fsp3) is 0.812. The standard InChI is InChI=1S/C16H29N3O2/c1-16(2,3)17-9-14-8-15(21-18-14)11-19(4)10-13-6-5-7-20-12-13/h8,13,17H,5-7,9-12H2,1-4H3. The fourth-order valence-corrected chi connectivity index (χ4v) is 2.59. The molecular formula is C16H29N3O2. The van der Waals surface area contributed by atoms with Crippen molar-refractivity contribution in [1.82, 2.24) is 15.4 Å². The molecule has 1 aromatic rings. The van der Waals surface area contributed by atoms with Crippen molar-refractivity contribution >= 4 is 0 Å². The summed E-state index contributed by atoms with van der Waals surface area (Å²) in [5.41, 5.74) is 1.06. The van der Waals surface area contributed by atoms with Crippen molar-refractivity contribution in [3.8, 4) is 0 Å². The van der Waals surface area contributed by atoms with Gasteiger partial charge in [0, 0.05) is 31.3 Å². The molecule has 1 saturated heterocycles. The van der Waals surface area contributed by atoms with Crippen LogP contribution in [-0.2, 0) is 17.8 Å². The number of nitrogens with one attached hydrogen (secondary N) is 1. The minimum atomic E-state index is 0.0941. The molecule has 1 atom stereocenters. The van der Waals surface area contributed by atoms with E-state index in [0.717, 1.165) is 44.3 Å². The van der Waals surface area contributed by atoms with E-state index in [1.54, 1.807) is 0 Å². The van der Waals surface area contributed by atoms with E-state index in [0.29, 0.717) is 5.92 Å². The number of ether oxygens (including phenoxy) is 1. The third-order valence-electron chi connectivity index (χ3n) is 3.66. The van der Waals surface area contributed by atoms with Gasteiger partial charge >= 0.3 is 0 Å². The SMILES string of the molecule is CN(Cc1cc(CNC(C)(C)C)no1)CC1CCCOC1. The molecule has 0 aliphatic carbocycles. The monoisotopic (exact) mass is 295 g/mol. The Morgan fingerprint density at radius 3 is 2.90 bits per heavy atom. The largest absolute Gasteiger partial charge is 0.381 e. The van der Waals surface area contributed by atoms with Crippen molar-refractivity contribution in [2.24, 2.45) is 5.92 Å². The van der Waals surface area contributed by atoms with Gasteiger partial charge in [-0.3, -0.25) is 4.90 Å². The Kier molecular flexibility index (Phi) is 5.79. The van der Waals surface area contributed by atoms with Crippen LogP contribution in [0.2, 0.25) is 0 Å². The molecular weight excluding hydrogens is 266 g/mol. The van der Waals surface area contributed by atoms with Gasteiger partial charge in [-0.15, -0.1) is 0 Å². The van der Waals surface area contributed by atoms with Crippen LogP contribution in [-0.4, -0.2) is 42.4 Å². The predicted octanol–water partition coefficient (Wildman–Crippen LogP) is 2.42. The van der Waals surface area contributed by atoms with Crippen molar-refractivity contribution in [3.63, 3.8) is 0 Å². The highest BCUT2D eigenvalue weighted by Gasteiger charge is 2.17. The van der Waals surface area contributed by atoms with E-state index in [4.69, 9.17) is 9.26 Å². The Hall–Kier alpha value is -0.910. The molecule has 0 bridgehead atoms. The van der Waals surface area contributed by atoms with Crippen molar-refractivity contribution < 1.29 is 9.26 Å². The van der Waals surface area contributed by atoms with Gasteiger partial charge in [0.2, 0.25) is 0 Å². The van der Waals surface area contributed by atoms with E-state index in [1.807, 2.05) is 6.07 Å². The molecule has 0 saturated carbocycles. The summed E-state index contributed by atoms with van der Waals surface area (Å²) in [7, 11) is 2.13. The number of aromatic nitrogens is 1. The van der Waals surface area contributed by atoms with Gasteiger partial charge in [0.05, 0.1) is 18.8 Å². The van der Waals surface area contributed by atoms with Gasteiger partial charge in [-0.25, -0.2) is 0 Å². The van der Waals surface area contributed by atoms with Crippen molar-refractivity contribution in [1.29, 1.82) is 0 Å². The predicted molar refractivity (Wildman–Crippen MR) is 83.0 cm³/mol. The average Bonchev–Trinajstić information content (AvgIpc) is 2.84. The van der Waals surface area contributed by atoms with Gasteiger partial charge in [-0.2, -0.15) is 0 Å². The first kappa shape index (κ1) is 16.5. The van der Waals surface area contributed by atoms with Gasteiger partial charge in [0.15, 0.2) is 5.76 Å². The number of nitrogens with zero attached hydrogens (tertiary/aromatic N) is 2. The Morgan fingerprint density at radius 2 is 2.24 bits per heavy atom. The van der Waals surface area contributed by atoms with Crippen LogP contribution >= 0.6 is 0 Å². The number of hydrogen-bond acceptors (Lipinski definition) is 5. The molecule has 1 unspecified atom stereocenters. The summed E-state index contributed by atoms with van der Waals surface area (Å²) in [5.74, 6) is 1.58. The highest BCUT2D eigenvalue weighted by Crippen LogP contribution is 2.16. The molecule has 2 heterocycles. The minimum Gasteiger partial charge on any atom is -0.381 e. The smallest absolute Gasteiger partial charge is 0.151 e. The van der Waals surface area contributed by atoms with Gasteiger partial charge in [-0.05, 0) is 46.6 Å². The maximum Gasteiger partial charge on any atom is 0.151 e. The summed E-state index contributed by atoms with van der Waals surface area (Å²) in [5, 5.41) is 7.55. The van der Waals surface area contributed by atoms with Gasteiger partial charge in [-0.1, -0.05) is 5.16 Å². The van der Waals surface area contributed by atoms with E-state index in [-0.39, 0.29) is 5.54 Å². The quantitative estimate of drug-likeness (QED) is 0.873. The summed E-state index contributed by atoms with van der Waals surface area (Å²) in [6.45, 7) is 10.9. The fourth-order valence-electron chi connectivity index (χ4n) is 2.59. The van der Waals surface area contributed by atoms with Crippen LogP contribution in [0.5, 0.6) is 0 Å². The molecule has 0 radical (unpaired) electrons. The molecule has 1 fully saturated rings. The van der Waals surface area contributed by atoms with Crippen LogP contribution < -0.4 is 5.32 Å². The maximum atomic E-state index is 5.53. The van der Waals surface area contributed by atoms with Crippen LogP contribution in [0.3, 0.4) is 0 Å². The van der Waals surface area contributed by atoms with E-state index >= 15 is 0 Å². The van der Waals surface area contributed by atoms with E-state index in [9.17, 15) is 0 Å². The molecule has 5 nitrogen and oxygen atoms in total. The molecule has 120 valence electrons. The van der Waals surface area contributed by atoms with Crippen LogP contribution in [0.4, 0.5) is 0 Å². The van der Waals surface area contributed by atoms with Crippen molar-refractivity contribution in [3.05, 3.63) is 17.5 Å². The average molecular weight is 295 g/mol. The first-order chi connectivity index (χ1) is 9.92. The summed E-state index contributed by atoms with van der Waals surface area (Å²) in [4.78, 5) is 2.29. The number of rotatable bonds is 6. The van der Waals surface area contributed by atoms with E-state index in [1.165, 1.54) is 12.8 Å². The lowest BCUT2D eigenvalue weighted by atomic mass is 10.0. The second-order valence-electron chi connectivity index (χ2n) is 7.17. The Labute approximate surface area is 128 Å². The lowest BCUT2D eigenvalue weighted by Crippen LogP contribution is -2.35. The number of hydrogen-bond donors (Lipinski definition) is 1. The molecule has 1 aliphatic rings. The molecule has 2 rings (SSSR count). The van der Waals surface area contributed by atoms with Gasteiger partial charge in [0.1, 0.15) is 0 Å². The minimum absolute atomic E-state index is 0.0941. The molecule has 1 aromatic heterocycles. The summed E-state index contributed by atoms with van der Waals surface area (Å²) in [6, 6.07) is 2.05. The molecule has 5 heteroatoms. The summed E-state index contributed by atoms with van der Waals surface area (Å²) < 4.78 is 11.0. The van der Waals surface area contributed by atoms with Crippen molar-refractivity contribution in [2.45, 2.75) is 52.2 Å². The maximum absolute atomic E-state index is 5.53. The third kappa shape index (κ3) is 6.16. The lowest BCUT2D eigenvalue weighted by Gasteiger charge is -2.26. The Balaban J connectivity index is 1.75. The zero-order valence-corrected chi connectivity index (χ0v) is 13.8. The first-order valence-electron chi connectivity index (χ1n) is 7.88. The Morgan fingerprint density at radius 1 is 1.43 bits per heavy atom. The summed E-state index contributed by atoms with van der Waals surface area (Å²) in [6.07, 6.45) is 2.45. The molecule has 1 N–H and O–H groups in total. The highest BCUT2D eigenvalue weighted by molar-refractivity contribution is 5.05. The van der Waals surface area contributed by atoms with E-state index < -0.39 is 0 Å². The van der Waals surface area contributed by atoms with Crippen LogP contribution in [0.1, 0.15) is 45.1 Å². The third-order valence-corrected chi connectivity index (χ3v) is 3.66. The van der Waals surface area contributed by atoms with Crippen LogP contribution in [0, 0.1) is 5.92 Å². The zero-order chi connectivity index (χ0) is 15.3. The van der Waals surface area contributed by atoms with E-state index in [2.05, 4.69) is 43.2 Å².